The molecule has 0 aliphatic rings. The lowest BCUT2D eigenvalue weighted by atomic mass is 9.90. The number of benzene rings is 1. The molecule has 1 aromatic carbocycles. The van der Waals surface area contributed by atoms with Crippen LogP contribution in [-0.4, -0.2) is 12.2 Å². The number of halogens is 1. The van der Waals surface area contributed by atoms with Gasteiger partial charge in [0.1, 0.15) is 0 Å². The fourth-order valence-corrected chi connectivity index (χ4v) is 1.57. The van der Waals surface area contributed by atoms with Gasteiger partial charge in [-0.2, -0.15) is 0 Å². The molecule has 0 aliphatic heterocycles. The van der Waals surface area contributed by atoms with Gasteiger partial charge in [0, 0.05) is 5.54 Å². The van der Waals surface area contributed by atoms with E-state index in [1.54, 1.807) is 20.8 Å². The first-order valence-corrected chi connectivity index (χ1v) is 4.64. The molecule has 4 heteroatoms. The van der Waals surface area contributed by atoms with Crippen molar-refractivity contribution >= 4 is 0 Å². The van der Waals surface area contributed by atoms with Crippen molar-refractivity contribution in [3.63, 3.8) is 0 Å². The summed E-state index contributed by atoms with van der Waals surface area (Å²) in [5.74, 6) is -0.930. The van der Waals surface area contributed by atoms with Crippen molar-refractivity contribution in [1.82, 2.24) is 0 Å². The molecular formula is C11H16FNO2. The van der Waals surface area contributed by atoms with Gasteiger partial charge in [-0.15, -0.1) is 0 Å². The first-order valence-electron chi connectivity index (χ1n) is 4.64. The number of phenols is 1. The first kappa shape index (κ1) is 11.8. The van der Waals surface area contributed by atoms with Crippen molar-refractivity contribution in [2.75, 3.05) is 7.11 Å². The fraction of sp³-hybridized carbons (Fsp3) is 0.455. The highest BCUT2D eigenvalue weighted by Crippen LogP contribution is 2.37. The molecule has 1 aromatic rings. The van der Waals surface area contributed by atoms with Crippen molar-refractivity contribution in [2.45, 2.75) is 26.3 Å². The van der Waals surface area contributed by atoms with E-state index in [1.807, 2.05) is 0 Å². The van der Waals surface area contributed by atoms with E-state index in [9.17, 15) is 9.50 Å². The van der Waals surface area contributed by atoms with Gasteiger partial charge in [-0.25, -0.2) is 4.39 Å². The van der Waals surface area contributed by atoms with E-state index in [0.29, 0.717) is 11.1 Å². The average molecular weight is 213 g/mol. The molecule has 0 spiro atoms. The predicted octanol–water partition coefficient (Wildman–Crippen LogP) is 2.04. The molecule has 0 heterocycles. The molecule has 0 amide bonds. The molecule has 0 aromatic heterocycles. The largest absolute Gasteiger partial charge is 0.504 e. The van der Waals surface area contributed by atoms with E-state index in [2.05, 4.69) is 0 Å². The summed E-state index contributed by atoms with van der Waals surface area (Å²) in [5, 5.41) is 9.70. The van der Waals surface area contributed by atoms with Crippen LogP contribution in [0.4, 0.5) is 4.39 Å². The van der Waals surface area contributed by atoms with E-state index < -0.39 is 11.4 Å². The number of methoxy groups -OCH3 is 1. The topological polar surface area (TPSA) is 55.5 Å². The van der Waals surface area contributed by atoms with Crippen LogP contribution in [0.25, 0.3) is 0 Å². The zero-order valence-corrected chi connectivity index (χ0v) is 9.39. The second kappa shape index (κ2) is 3.70. The Kier molecular flexibility index (Phi) is 2.90. The Hall–Kier alpha value is -1.29. The summed E-state index contributed by atoms with van der Waals surface area (Å²) in [6, 6.07) is 1.30. The zero-order valence-electron chi connectivity index (χ0n) is 9.39. The third-order valence-electron chi connectivity index (χ3n) is 2.36. The minimum atomic E-state index is -0.700. The standard InChI is InChI=1S/C11H16FNO2/c1-6-7(11(2,3)13)5-8(12)10(15-4)9(6)14/h5,14H,13H2,1-4H3. The van der Waals surface area contributed by atoms with Crippen molar-refractivity contribution in [3.05, 3.63) is 23.0 Å². The number of hydrogen-bond acceptors (Lipinski definition) is 3. The van der Waals surface area contributed by atoms with Crippen LogP contribution < -0.4 is 10.5 Å². The van der Waals surface area contributed by atoms with Gasteiger partial charge in [-0.1, -0.05) is 0 Å². The van der Waals surface area contributed by atoms with Gasteiger partial charge in [-0.3, -0.25) is 0 Å². The third-order valence-corrected chi connectivity index (χ3v) is 2.36. The predicted molar refractivity (Wildman–Crippen MR) is 56.6 cm³/mol. The summed E-state index contributed by atoms with van der Waals surface area (Å²) in [6.07, 6.45) is 0. The maximum absolute atomic E-state index is 13.5. The zero-order chi connectivity index (χ0) is 11.8. The van der Waals surface area contributed by atoms with Gasteiger partial charge in [0.05, 0.1) is 7.11 Å². The second-order valence-corrected chi connectivity index (χ2v) is 4.13. The van der Waals surface area contributed by atoms with Crippen LogP contribution >= 0.6 is 0 Å². The van der Waals surface area contributed by atoms with Crippen molar-refractivity contribution < 1.29 is 14.2 Å². The molecule has 0 saturated carbocycles. The highest BCUT2D eigenvalue weighted by Gasteiger charge is 2.23. The van der Waals surface area contributed by atoms with E-state index in [0.717, 1.165) is 0 Å². The molecule has 84 valence electrons. The Labute approximate surface area is 88.7 Å². The maximum atomic E-state index is 13.5. The van der Waals surface area contributed by atoms with Crippen LogP contribution in [-0.2, 0) is 5.54 Å². The Morgan fingerprint density at radius 2 is 2.00 bits per heavy atom. The number of rotatable bonds is 2. The number of phenolic OH excluding ortho intramolecular Hbond substituents is 1. The summed E-state index contributed by atoms with van der Waals surface area (Å²) in [5.41, 5.74) is 6.28. The van der Waals surface area contributed by atoms with Gasteiger partial charge in [-0.05, 0) is 38.0 Å². The van der Waals surface area contributed by atoms with Gasteiger partial charge >= 0.3 is 0 Å². The number of nitrogens with two attached hydrogens (primary N) is 1. The van der Waals surface area contributed by atoms with E-state index in [1.165, 1.54) is 13.2 Å². The van der Waals surface area contributed by atoms with Gasteiger partial charge < -0.3 is 15.6 Å². The molecule has 3 nitrogen and oxygen atoms in total. The monoisotopic (exact) mass is 213 g/mol. The third kappa shape index (κ3) is 2.04. The highest BCUT2D eigenvalue weighted by molar-refractivity contribution is 5.51. The normalized spacial score (nSPS) is 11.6. The summed E-state index contributed by atoms with van der Waals surface area (Å²) >= 11 is 0. The van der Waals surface area contributed by atoms with E-state index >= 15 is 0 Å². The minimum absolute atomic E-state index is 0.138. The lowest BCUT2D eigenvalue weighted by Crippen LogP contribution is -2.29. The maximum Gasteiger partial charge on any atom is 0.196 e. The minimum Gasteiger partial charge on any atom is -0.504 e. The van der Waals surface area contributed by atoms with Crippen LogP contribution in [0.5, 0.6) is 11.5 Å². The first-order chi connectivity index (χ1) is 6.79. The summed E-state index contributed by atoms with van der Waals surface area (Å²) in [4.78, 5) is 0. The van der Waals surface area contributed by atoms with Crippen molar-refractivity contribution in [1.29, 1.82) is 0 Å². The smallest absolute Gasteiger partial charge is 0.196 e. The lowest BCUT2D eigenvalue weighted by molar-refractivity contribution is 0.347. The molecule has 0 fully saturated rings. The Morgan fingerprint density at radius 1 is 1.47 bits per heavy atom. The second-order valence-electron chi connectivity index (χ2n) is 4.13. The molecular weight excluding hydrogens is 197 g/mol. The van der Waals surface area contributed by atoms with Crippen molar-refractivity contribution in [3.8, 4) is 11.5 Å². The van der Waals surface area contributed by atoms with E-state index in [4.69, 9.17) is 10.5 Å². The quantitative estimate of drug-likeness (QED) is 0.790. The molecule has 1 rings (SSSR count). The van der Waals surface area contributed by atoms with Crippen LogP contribution in [0.15, 0.2) is 6.07 Å². The van der Waals surface area contributed by atoms with Crippen LogP contribution in [0.3, 0.4) is 0 Å². The van der Waals surface area contributed by atoms with Gasteiger partial charge in [0.2, 0.25) is 0 Å². The molecule has 15 heavy (non-hydrogen) atoms. The Bertz CT molecular complexity index is 383. The molecule has 0 unspecified atom stereocenters. The molecule has 0 saturated heterocycles. The highest BCUT2D eigenvalue weighted by atomic mass is 19.1. The molecule has 0 bridgehead atoms. The van der Waals surface area contributed by atoms with Gasteiger partial charge in [0.25, 0.3) is 0 Å². The summed E-state index contributed by atoms with van der Waals surface area (Å²) in [6.45, 7) is 5.18. The molecule has 3 N–H and O–H groups in total. The Morgan fingerprint density at radius 3 is 2.40 bits per heavy atom. The molecule has 0 aliphatic carbocycles. The molecule has 0 atom stereocenters. The lowest BCUT2D eigenvalue weighted by Gasteiger charge is -2.23. The van der Waals surface area contributed by atoms with E-state index in [-0.39, 0.29) is 11.5 Å². The fourth-order valence-electron chi connectivity index (χ4n) is 1.57. The van der Waals surface area contributed by atoms with Crippen LogP contribution in [0.2, 0.25) is 0 Å². The molecule has 0 radical (unpaired) electrons. The SMILES string of the molecule is COc1c(F)cc(C(C)(C)N)c(C)c1O. The van der Waals surface area contributed by atoms with Gasteiger partial charge in [0.15, 0.2) is 17.3 Å². The van der Waals surface area contributed by atoms with Crippen LogP contribution in [0.1, 0.15) is 25.0 Å². The average Bonchev–Trinajstić information content (AvgIpc) is 2.10. The summed E-state index contributed by atoms with van der Waals surface area (Å²) in [7, 11) is 1.31. The summed E-state index contributed by atoms with van der Waals surface area (Å²) < 4.78 is 18.2. The number of hydrogen-bond donors (Lipinski definition) is 2. The van der Waals surface area contributed by atoms with Crippen LogP contribution in [0, 0.1) is 12.7 Å². The van der Waals surface area contributed by atoms with Crippen molar-refractivity contribution in [2.24, 2.45) is 5.73 Å². The Balaban J connectivity index is 3.48. The number of aromatic hydroxyl groups is 1. The number of ether oxygens (including phenoxy) is 1.